The summed E-state index contributed by atoms with van der Waals surface area (Å²) in [5, 5.41) is 4.71. The lowest BCUT2D eigenvalue weighted by molar-refractivity contribution is 0.408. The maximum absolute atomic E-state index is 13.7. The summed E-state index contributed by atoms with van der Waals surface area (Å²) in [6.45, 7) is 0. The van der Waals surface area contributed by atoms with Gasteiger partial charge in [-0.2, -0.15) is 0 Å². The number of anilines is 1. The van der Waals surface area contributed by atoms with Crippen molar-refractivity contribution in [1.82, 2.24) is 13.7 Å². The quantitative estimate of drug-likeness (QED) is 0.385. The lowest BCUT2D eigenvalue weighted by atomic mass is 9.98. The smallest absolute Gasteiger partial charge is 0.331 e. The summed E-state index contributed by atoms with van der Waals surface area (Å²) in [4.78, 5) is 26.9. The second-order valence-electron chi connectivity index (χ2n) is 8.84. The van der Waals surface area contributed by atoms with Crippen molar-refractivity contribution >= 4 is 28.2 Å². The fourth-order valence-electron chi connectivity index (χ4n) is 5.24. The van der Waals surface area contributed by atoms with E-state index in [0.29, 0.717) is 27.4 Å². The summed E-state index contributed by atoms with van der Waals surface area (Å²) in [7, 11) is 4.85. The highest BCUT2D eigenvalue weighted by atomic mass is 35.5. The van der Waals surface area contributed by atoms with E-state index in [4.69, 9.17) is 16.3 Å². The highest BCUT2D eigenvalue weighted by Gasteiger charge is 2.35. The molecule has 0 unspecified atom stereocenters. The van der Waals surface area contributed by atoms with Crippen LogP contribution in [0.1, 0.15) is 17.3 Å². The minimum atomic E-state index is -0.391. The van der Waals surface area contributed by atoms with E-state index in [-0.39, 0.29) is 11.2 Å². The molecule has 0 saturated carbocycles. The third-order valence-corrected chi connectivity index (χ3v) is 7.15. The number of hydrogen-bond acceptors (Lipinski definition) is 4. The number of nitrogens with zero attached hydrogens (tertiary/aromatic N) is 3. The molecule has 0 saturated heterocycles. The molecule has 36 heavy (non-hydrogen) atoms. The van der Waals surface area contributed by atoms with Crippen molar-refractivity contribution in [2.75, 3.05) is 12.4 Å². The van der Waals surface area contributed by atoms with Gasteiger partial charge in [0, 0.05) is 24.7 Å². The first-order chi connectivity index (χ1) is 17.4. The number of hydrogen-bond donors (Lipinski definition) is 1. The Hall–Kier alpha value is -4.23. The number of nitrogens with one attached hydrogen (secondary N) is 1. The number of halogens is 1. The zero-order chi connectivity index (χ0) is 25.1. The van der Waals surface area contributed by atoms with E-state index in [1.807, 2.05) is 60.7 Å². The molecular formula is C28H23ClN4O3. The molecule has 6 rings (SSSR count). The molecular weight excluding hydrogens is 476 g/mol. The highest BCUT2D eigenvalue weighted by molar-refractivity contribution is 6.30. The maximum atomic E-state index is 13.7. The zero-order valence-corrected chi connectivity index (χ0v) is 20.7. The molecule has 8 heteroatoms. The lowest BCUT2D eigenvalue weighted by Gasteiger charge is -2.31. The van der Waals surface area contributed by atoms with Crippen LogP contribution in [0.15, 0.2) is 82.4 Å². The first-order valence-corrected chi connectivity index (χ1v) is 11.9. The van der Waals surface area contributed by atoms with Gasteiger partial charge in [0.1, 0.15) is 5.75 Å². The monoisotopic (exact) mass is 498 g/mol. The van der Waals surface area contributed by atoms with Gasteiger partial charge >= 0.3 is 5.69 Å². The number of methoxy groups -OCH3 is 1. The van der Waals surface area contributed by atoms with Crippen LogP contribution in [0.3, 0.4) is 0 Å². The van der Waals surface area contributed by atoms with Crippen LogP contribution in [0.2, 0.25) is 5.02 Å². The van der Waals surface area contributed by atoms with Gasteiger partial charge in [-0.25, -0.2) is 4.79 Å². The van der Waals surface area contributed by atoms with Crippen LogP contribution in [0.25, 0.3) is 27.8 Å². The van der Waals surface area contributed by atoms with Gasteiger partial charge in [-0.3, -0.25) is 13.9 Å². The molecule has 0 amide bonds. The Balaban J connectivity index is 1.86. The van der Waals surface area contributed by atoms with Crippen LogP contribution in [0.5, 0.6) is 5.75 Å². The van der Waals surface area contributed by atoms with E-state index in [9.17, 15) is 9.59 Å². The molecule has 0 radical (unpaired) electrons. The van der Waals surface area contributed by atoms with Crippen molar-refractivity contribution in [3.63, 3.8) is 0 Å². The Morgan fingerprint density at radius 2 is 1.58 bits per heavy atom. The third-order valence-electron chi connectivity index (χ3n) is 6.89. The summed E-state index contributed by atoms with van der Waals surface area (Å²) >= 11 is 6.21. The molecule has 7 nitrogen and oxygen atoms in total. The molecule has 0 aliphatic carbocycles. The van der Waals surface area contributed by atoms with Gasteiger partial charge in [-0.1, -0.05) is 54.1 Å². The van der Waals surface area contributed by atoms with Crippen LogP contribution < -0.4 is 21.3 Å². The molecule has 1 N–H and O–H groups in total. The van der Waals surface area contributed by atoms with E-state index < -0.39 is 6.04 Å². The normalized spacial score (nSPS) is 14.3. The molecule has 180 valence electrons. The predicted molar refractivity (Wildman–Crippen MR) is 143 cm³/mol. The van der Waals surface area contributed by atoms with E-state index >= 15 is 0 Å². The Kier molecular flexibility index (Phi) is 5.05. The second kappa shape index (κ2) is 8.17. The molecule has 1 atom stereocenters. The predicted octanol–water partition coefficient (Wildman–Crippen LogP) is 4.87. The van der Waals surface area contributed by atoms with Gasteiger partial charge in [0.25, 0.3) is 5.56 Å². The Labute approximate surface area is 211 Å². The number of aromatic nitrogens is 3. The van der Waals surface area contributed by atoms with Crippen molar-refractivity contribution < 1.29 is 4.74 Å². The van der Waals surface area contributed by atoms with Crippen LogP contribution >= 0.6 is 11.6 Å². The number of benzene rings is 3. The van der Waals surface area contributed by atoms with Gasteiger partial charge in [0.15, 0.2) is 0 Å². The average molecular weight is 499 g/mol. The molecule has 2 aromatic heterocycles. The van der Waals surface area contributed by atoms with Crippen molar-refractivity contribution in [2.24, 2.45) is 14.1 Å². The van der Waals surface area contributed by atoms with E-state index in [1.165, 1.54) is 7.05 Å². The van der Waals surface area contributed by atoms with Crippen LogP contribution in [-0.2, 0) is 14.1 Å². The Morgan fingerprint density at radius 1 is 0.889 bits per heavy atom. The lowest BCUT2D eigenvalue weighted by Crippen LogP contribution is -2.37. The van der Waals surface area contributed by atoms with Crippen molar-refractivity contribution in [3.8, 4) is 22.7 Å². The molecule has 3 heterocycles. The minimum Gasteiger partial charge on any atom is -0.496 e. The molecule has 3 aromatic carbocycles. The number of fused-ring (bicyclic) bond motifs is 5. The van der Waals surface area contributed by atoms with Crippen molar-refractivity contribution in [2.45, 2.75) is 6.04 Å². The zero-order valence-electron chi connectivity index (χ0n) is 19.9. The molecule has 0 spiro atoms. The average Bonchev–Trinajstić information content (AvgIpc) is 3.27. The van der Waals surface area contributed by atoms with Gasteiger partial charge in [-0.15, -0.1) is 0 Å². The van der Waals surface area contributed by atoms with Crippen LogP contribution in [0, 0.1) is 0 Å². The topological polar surface area (TPSA) is 70.2 Å². The van der Waals surface area contributed by atoms with Crippen molar-refractivity contribution in [3.05, 3.63) is 110 Å². The van der Waals surface area contributed by atoms with E-state index in [0.717, 1.165) is 32.8 Å². The maximum Gasteiger partial charge on any atom is 0.331 e. The summed E-state index contributed by atoms with van der Waals surface area (Å²) < 4.78 is 10.5. The molecule has 0 bridgehead atoms. The first-order valence-electron chi connectivity index (χ1n) is 11.5. The summed E-state index contributed by atoms with van der Waals surface area (Å²) in [5.74, 6) is 0.706. The summed E-state index contributed by atoms with van der Waals surface area (Å²) in [5.41, 5.74) is 4.83. The Morgan fingerprint density at radius 3 is 2.33 bits per heavy atom. The highest BCUT2D eigenvalue weighted by Crippen LogP contribution is 2.46. The van der Waals surface area contributed by atoms with Gasteiger partial charge < -0.3 is 14.6 Å². The minimum absolute atomic E-state index is 0.351. The van der Waals surface area contributed by atoms with Crippen LogP contribution in [-0.4, -0.2) is 20.8 Å². The largest absolute Gasteiger partial charge is 0.496 e. The second-order valence-corrected chi connectivity index (χ2v) is 9.28. The third kappa shape index (κ3) is 3.06. The SMILES string of the molecule is COc1ccccc1[C@@H]1Nc2ccccc2-n2c(-c3ccc(Cl)cc3)c3c(=O)n(C)c(=O)n(C)c3c21. The van der Waals surface area contributed by atoms with E-state index in [2.05, 4.69) is 9.88 Å². The Bertz CT molecular complexity index is 1780. The number of rotatable bonds is 3. The summed E-state index contributed by atoms with van der Waals surface area (Å²) in [6.07, 6.45) is 0. The van der Waals surface area contributed by atoms with Gasteiger partial charge in [0.05, 0.1) is 46.8 Å². The standard InChI is InChI=1S/C28H23ClN4O3/c1-31-25-22(27(34)32(2)28(31)35)24(16-12-14-17(29)15-13-16)33-20-10-6-5-9-19(20)30-23(26(25)33)18-8-4-7-11-21(18)36-3/h4-15,23,30H,1-3H3/t23-/m0/s1. The number of ether oxygens (including phenoxy) is 1. The van der Waals surface area contributed by atoms with Crippen molar-refractivity contribution in [1.29, 1.82) is 0 Å². The first kappa shape index (κ1) is 22.2. The molecule has 1 aliphatic rings. The number of aryl methyl sites for hydroxylation is 1. The molecule has 5 aromatic rings. The fourth-order valence-corrected chi connectivity index (χ4v) is 5.36. The molecule has 0 fully saturated rings. The fraction of sp³-hybridized carbons (Fsp3) is 0.143. The molecule has 1 aliphatic heterocycles. The van der Waals surface area contributed by atoms with Crippen LogP contribution in [0.4, 0.5) is 5.69 Å². The van der Waals surface area contributed by atoms with E-state index in [1.54, 1.807) is 30.9 Å². The van der Waals surface area contributed by atoms with Gasteiger partial charge in [-0.05, 0) is 35.9 Å². The number of para-hydroxylation sites is 3. The summed E-state index contributed by atoms with van der Waals surface area (Å²) in [6, 6.07) is 22.7. The van der Waals surface area contributed by atoms with Gasteiger partial charge in [0.2, 0.25) is 0 Å².